The molecule has 1 fully saturated rings. The highest BCUT2D eigenvalue weighted by Gasteiger charge is 2.15. The third-order valence-electron chi connectivity index (χ3n) is 4.62. The predicted octanol–water partition coefficient (Wildman–Crippen LogP) is 2.74. The van der Waals surface area contributed by atoms with Gasteiger partial charge in [-0.2, -0.15) is 4.98 Å². The molecule has 0 amide bonds. The Labute approximate surface area is 144 Å². The molecular formula is C17H20N6O2. The first-order valence-electron chi connectivity index (χ1n) is 8.72. The van der Waals surface area contributed by atoms with Crippen LogP contribution in [0.2, 0.25) is 0 Å². The Bertz CT molecular complexity index is 898. The topological polar surface area (TPSA) is 109 Å². The van der Waals surface area contributed by atoms with E-state index in [-0.39, 0.29) is 17.6 Å². The van der Waals surface area contributed by atoms with Crippen molar-refractivity contribution in [2.45, 2.75) is 44.9 Å². The van der Waals surface area contributed by atoms with Crippen LogP contribution in [-0.4, -0.2) is 29.9 Å². The number of imidazole rings is 1. The van der Waals surface area contributed by atoms with Gasteiger partial charge >= 0.3 is 12.0 Å². The number of hydrogen-bond acceptors (Lipinski definition) is 6. The quantitative estimate of drug-likeness (QED) is 0.714. The van der Waals surface area contributed by atoms with Crippen LogP contribution in [0.1, 0.15) is 44.3 Å². The lowest BCUT2D eigenvalue weighted by atomic mass is 10.0. The van der Waals surface area contributed by atoms with Crippen molar-refractivity contribution in [1.82, 2.24) is 29.9 Å². The van der Waals surface area contributed by atoms with E-state index >= 15 is 0 Å². The molecule has 0 unspecified atom stereocenters. The first-order chi connectivity index (χ1) is 12.3. The van der Waals surface area contributed by atoms with Crippen molar-refractivity contribution in [3.63, 3.8) is 0 Å². The molecule has 1 aliphatic carbocycles. The Morgan fingerprint density at radius 1 is 1.12 bits per heavy atom. The molecule has 2 N–H and O–H groups in total. The minimum atomic E-state index is -0.314. The van der Waals surface area contributed by atoms with Crippen LogP contribution in [-0.2, 0) is 6.42 Å². The molecule has 1 aliphatic rings. The zero-order chi connectivity index (χ0) is 17.1. The standard InChI is InChI=1S/C17H20N6O2/c24-15-13-14(22-17(23-15)25-16-18-9-4-10-19-16)21-12(20-13)8-3-7-11-5-1-2-6-11/h4,9-11H,1-3,5-8H2,(H2,20,21,22,23,24). The van der Waals surface area contributed by atoms with Gasteiger partial charge < -0.3 is 9.72 Å². The summed E-state index contributed by atoms with van der Waals surface area (Å²) in [5, 5.41) is 0. The molecule has 3 aromatic heterocycles. The lowest BCUT2D eigenvalue weighted by Crippen LogP contribution is -2.09. The van der Waals surface area contributed by atoms with Crippen molar-refractivity contribution in [2.24, 2.45) is 5.92 Å². The van der Waals surface area contributed by atoms with Gasteiger partial charge in [-0.25, -0.2) is 15.0 Å². The van der Waals surface area contributed by atoms with Gasteiger partial charge in [0.15, 0.2) is 11.2 Å². The lowest BCUT2D eigenvalue weighted by Gasteiger charge is -2.06. The molecule has 3 aromatic rings. The smallest absolute Gasteiger partial charge is 0.324 e. The third kappa shape index (κ3) is 3.67. The molecule has 0 radical (unpaired) electrons. The van der Waals surface area contributed by atoms with Crippen LogP contribution in [0.15, 0.2) is 23.3 Å². The Hall–Kier alpha value is -2.77. The number of nitrogens with one attached hydrogen (secondary N) is 2. The second-order valence-electron chi connectivity index (χ2n) is 6.43. The van der Waals surface area contributed by atoms with Gasteiger partial charge in [0.05, 0.1) is 0 Å². The molecule has 0 bridgehead atoms. The van der Waals surface area contributed by atoms with Gasteiger partial charge in [0.25, 0.3) is 5.56 Å². The van der Waals surface area contributed by atoms with Crippen LogP contribution in [0.5, 0.6) is 12.0 Å². The SMILES string of the molecule is O=c1[nH]c(Oc2ncccn2)nc2nc(CCCC3CCCC3)[nH]c12. The van der Waals surface area contributed by atoms with Gasteiger partial charge in [0, 0.05) is 18.8 Å². The van der Waals surface area contributed by atoms with Crippen molar-refractivity contribution in [2.75, 3.05) is 0 Å². The summed E-state index contributed by atoms with van der Waals surface area (Å²) in [6.45, 7) is 0. The number of fused-ring (bicyclic) bond motifs is 1. The maximum absolute atomic E-state index is 12.2. The molecular weight excluding hydrogens is 320 g/mol. The van der Waals surface area contributed by atoms with Crippen molar-refractivity contribution >= 4 is 11.2 Å². The van der Waals surface area contributed by atoms with Crippen LogP contribution in [0.25, 0.3) is 11.2 Å². The monoisotopic (exact) mass is 340 g/mol. The predicted molar refractivity (Wildman–Crippen MR) is 91.5 cm³/mol. The fraction of sp³-hybridized carbons (Fsp3) is 0.471. The fourth-order valence-corrected chi connectivity index (χ4v) is 3.38. The highest BCUT2D eigenvalue weighted by Crippen LogP contribution is 2.28. The number of aromatic nitrogens is 6. The van der Waals surface area contributed by atoms with Gasteiger partial charge in [-0.1, -0.05) is 32.1 Å². The molecule has 0 spiro atoms. The van der Waals surface area contributed by atoms with E-state index in [0.29, 0.717) is 11.2 Å². The maximum atomic E-state index is 12.2. The van der Waals surface area contributed by atoms with Crippen molar-refractivity contribution in [3.8, 4) is 12.0 Å². The third-order valence-corrected chi connectivity index (χ3v) is 4.62. The number of aromatic amines is 2. The molecule has 25 heavy (non-hydrogen) atoms. The summed E-state index contributed by atoms with van der Waals surface area (Å²) >= 11 is 0. The summed E-state index contributed by atoms with van der Waals surface area (Å²) in [7, 11) is 0. The molecule has 4 rings (SSSR count). The van der Waals surface area contributed by atoms with E-state index in [1.165, 1.54) is 32.1 Å². The van der Waals surface area contributed by atoms with E-state index in [0.717, 1.165) is 24.6 Å². The Morgan fingerprint density at radius 2 is 1.92 bits per heavy atom. The van der Waals surface area contributed by atoms with Crippen molar-refractivity contribution < 1.29 is 4.74 Å². The Balaban J connectivity index is 1.47. The van der Waals surface area contributed by atoms with Crippen LogP contribution in [0.4, 0.5) is 0 Å². The number of hydrogen-bond donors (Lipinski definition) is 2. The maximum Gasteiger partial charge on any atom is 0.324 e. The van der Waals surface area contributed by atoms with Gasteiger partial charge in [-0.15, -0.1) is 0 Å². The summed E-state index contributed by atoms with van der Waals surface area (Å²) in [5.74, 6) is 1.65. The van der Waals surface area contributed by atoms with E-state index in [4.69, 9.17) is 4.74 Å². The van der Waals surface area contributed by atoms with E-state index in [1.54, 1.807) is 18.5 Å². The molecule has 0 atom stereocenters. The molecule has 8 nitrogen and oxygen atoms in total. The highest BCUT2D eigenvalue weighted by molar-refractivity contribution is 5.69. The average molecular weight is 340 g/mol. The van der Waals surface area contributed by atoms with Gasteiger partial charge in [0.2, 0.25) is 0 Å². The fourth-order valence-electron chi connectivity index (χ4n) is 3.38. The van der Waals surface area contributed by atoms with Crippen LogP contribution >= 0.6 is 0 Å². The summed E-state index contributed by atoms with van der Waals surface area (Å²) in [4.78, 5) is 34.4. The van der Waals surface area contributed by atoms with Gasteiger partial charge in [0.1, 0.15) is 5.82 Å². The van der Waals surface area contributed by atoms with Crippen LogP contribution < -0.4 is 10.3 Å². The van der Waals surface area contributed by atoms with E-state index < -0.39 is 0 Å². The van der Waals surface area contributed by atoms with Crippen LogP contribution in [0, 0.1) is 5.92 Å². The second kappa shape index (κ2) is 7.00. The second-order valence-corrected chi connectivity index (χ2v) is 6.43. The lowest BCUT2D eigenvalue weighted by molar-refractivity contribution is 0.407. The molecule has 0 aromatic carbocycles. The summed E-state index contributed by atoms with van der Waals surface area (Å²) in [5.41, 5.74) is 0.410. The Kier molecular flexibility index (Phi) is 4.41. The van der Waals surface area contributed by atoms with Crippen molar-refractivity contribution in [1.29, 1.82) is 0 Å². The number of ether oxygens (including phenoxy) is 1. The van der Waals surface area contributed by atoms with E-state index in [1.807, 2.05) is 0 Å². The van der Waals surface area contributed by atoms with E-state index in [9.17, 15) is 4.79 Å². The minimum Gasteiger partial charge on any atom is -0.390 e. The molecule has 0 saturated heterocycles. The van der Waals surface area contributed by atoms with Gasteiger partial charge in [-0.3, -0.25) is 9.78 Å². The number of H-pyrrole nitrogens is 2. The summed E-state index contributed by atoms with van der Waals surface area (Å²) in [6, 6.07) is 1.84. The van der Waals surface area contributed by atoms with Gasteiger partial charge in [-0.05, 0) is 18.4 Å². The molecule has 3 heterocycles. The minimum absolute atomic E-state index is 0.0349. The van der Waals surface area contributed by atoms with E-state index in [2.05, 4.69) is 29.9 Å². The molecule has 1 saturated carbocycles. The normalized spacial score (nSPS) is 15.0. The molecule has 130 valence electrons. The molecule has 0 aliphatic heterocycles. The first-order valence-corrected chi connectivity index (χ1v) is 8.72. The number of aryl methyl sites for hydroxylation is 1. The molecule has 8 heteroatoms. The first kappa shape index (κ1) is 15.7. The zero-order valence-corrected chi connectivity index (χ0v) is 13.9. The largest absolute Gasteiger partial charge is 0.390 e. The highest BCUT2D eigenvalue weighted by atomic mass is 16.5. The summed E-state index contributed by atoms with van der Waals surface area (Å²) < 4.78 is 5.38. The van der Waals surface area contributed by atoms with Crippen LogP contribution in [0.3, 0.4) is 0 Å². The number of nitrogens with zero attached hydrogens (tertiary/aromatic N) is 4. The zero-order valence-electron chi connectivity index (χ0n) is 13.9. The number of rotatable bonds is 6. The summed E-state index contributed by atoms with van der Waals surface area (Å²) in [6.07, 6.45) is 11.7. The van der Waals surface area contributed by atoms with Crippen molar-refractivity contribution in [3.05, 3.63) is 34.6 Å². The average Bonchev–Trinajstić information content (AvgIpc) is 3.26. The Morgan fingerprint density at radius 3 is 2.72 bits per heavy atom.